The van der Waals surface area contributed by atoms with E-state index in [1.165, 1.54) is 19.3 Å². The number of carbonyl (C=O) groups is 2. The first kappa shape index (κ1) is 20.0. The molecule has 6 nitrogen and oxygen atoms in total. The molecule has 0 spiro atoms. The van der Waals surface area contributed by atoms with Gasteiger partial charge in [-0.1, -0.05) is 32.6 Å². The van der Waals surface area contributed by atoms with Crippen LogP contribution in [0.1, 0.15) is 51.9 Å². The van der Waals surface area contributed by atoms with Gasteiger partial charge in [-0.3, -0.25) is 4.79 Å². The highest BCUT2D eigenvalue weighted by molar-refractivity contribution is 5.86. The summed E-state index contributed by atoms with van der Waals surface area (Å²) in [5.74, 6) is 0.278. The lowest BCUT2D eigenvalue weighted by molar-refractivity contribution is -0.124. The molecule has 124 valence electrons. The quantitative estimate of drug-likeness (QED) is 0.567. The normalized spacial score (nSPS) is 18.2. The van der Waals surface area contributed by atoms with Gasteiger partial charge in [0.1, 0.15) is 6.04 Å². The van der Waals surface area contributed by atoms with Crippen LogP contribution in [-0.2, 0) is 4.79 Å². The van der Waals surface area contributed by atoms with Gasteiger partial charge in [0.05, 0.1) is 0 Å². The van der Waals surface area contributed by atoms with Gasteiger partial charge >= 0.3 is 6.03 Å². The topological polar surface area (TPSA) is 110 Å². The van der Waals surface area contributed by atoms with Crippen LogP contribution in [0.2, 0.25) is 0 Å². The second-order valence-electron chi connectivity index (χ2n) is 5.60. The Morgan fingerprint density at radius 3 is 2.29 bits per heavy atom. The average Bonchev–Trinajstić information content (AvgIpc) is 2.44. The molecular formula is C14H29ClN4O2. The van der Waals surface area contributed by atoms with Gasteiger partial charge in [-0.25, -0.2) is 4.79 Å². The molecule has 1 unspecified atom stereocenters. The lowest BCUT2D eigenvalue weighted by Gasteiger charge is -2.31. The number of rotatable bonds is 7. The third-order valence-corrected chi connectivity index (χ3v) is 4.01. The van der Waals surface area contributed by atoms with Gasteiger partial charge in [0, 0.05) is 12.6 Å². The van der Waals surface area contributed by atoms with Crippen molar-refractivity contribution in [2.45, 2.75) is 64.0 Å². The minimum absolute atomic E-state index is 0. The van der Waals surface area contributed by atoms with Gasteiger partial charge in [0.2, 0.25) is 5.91 Å². The Labute approximate surface area is 133 Å². The summed E-state index contributed by atoms with van der Waals surface area (Å²) in [4.78, 5) is 23.2. The van der Waals surface area contributed by atoms with E-state index in [9.17, 15) is 9.59 Å². The van der Waals surface area contributed by atoms with Gasteiger partial charge in [-0.05, 0) is 25.2 Å². The maximum Gasteiger partial charge on any atom is 0.312 e. The van der Waals surface area contributed by atoms with Crippen molar-refractivity contribution in [3.05, 3.63) is 0 Å². The van der Waals surface area contributed by atoms with Crippen LogP contribution in [0.4, 0.5) is 4.79 Å². The van der Waals surface area contributed by atoms with Crippen molar-refractivity contribution in [2.24, 2.45) is 17.4 Å². The van der Waals surface area contributed by atoms with Gasteiger partial charge in [-0.15, -0.1) is 12.4 Å². The van der Waals surface area contributed by atoms with E-state index in [2.05, 4.69) is 10.6 Å². The summed E-state index contributed by atoms with van der Waals surface area (Å²) in [6.07, 6.45) is 7.28. The van der Waals surface area contributed by atoms with Crippen molar-refractivity contribution in [2.75, 3.05) is 6.54 Å². The highest BCUT2D eigenvalue weighted by Gasteiger charge is 2.27. The zero-order valence-electron chi connectivity index (χ0n) is 12.8. The standard InChI is InChI=1S/C14H28N4O2.ClH/c1-2-6-11(18-14(16)20)13(19)17-12(9-15)10-7-4-3-5-8-10;/h10-12H,2-9,15H2,1H3,(H,17,19)(H3,16,18,20);1H/t11-,12?;/m1./s1. The number of carbonyl (C=O) groups excluding carboxylic acids is 2. The lowest BCUT2D eigenvalue weighted by Crippen LogP contribution is -2.54. The molecular weight excluding hydrogens is 292 g/mol. The number of halogens is 1. The molecule has 0 heterocycles. The van der Waals surface area contributed by atoms with Crippen molar-refractivity contribution >= 4 is 24.3 Å². The highest BCUT2D eigenvalue weighted by Crippen LogP contribution is 2.26. The number of primary amides is 1. The van der Waals surface area contributed by atoms with Crippen LogP contribution in [0.15, 0.2) is 0 Å². The van der Waals surface area contributed by atoms with Gasteiger partial charge in [0.25, 0.3) is 0 Å². The maximum absolute atomic E-state index is 12.2. The van der Waals surface area contributed by atoms with Crippen molar-refractivity contribution in [3.8, 4) is 0 Å². The fourth-order valence-electron chi connectivity index (χ4n) is 2.92. The van der Waals surface area contributed by atoms with Crippen LogP contribution >= 0.6 is 12.4 Å². The molecule has 0 aliphatic heterocycles. The average molecular weight is 321 g/mol. The first-order chi connectivity index (χ1) is 9.58. The first-order valence-corrected chi connectivity index (χ1v) is 7.64. The van der Waals surface area contributed by atoms with Crippen LogP contribution < -0.4 is 22.1 Å². The molecule has 1 fully saturated rings. The van der Waals surface area contributed by atoms with E-state index in [4.69, 9.17) is 11.5 Å². The number of nitrogens with one attached hydrogen (secondary N) is 2. The number of urea groups is 1. The summed E-state index contributed by atoms with van der Waals surface area (Å²) < 4.78 is 0. The Balaban J connectivity index is 0.00000400. The largest absolute Gasteiger partial charge is 0.352 e. The number of amides is 3. The molecule has 1 rings (SSSR count). The Morgan fingerprint density at radius 2 is 1.81 bits per heavy atom. The van der Waals surface area contributed by atoms with Crippen LogP contribution in [0.25, 0.3) is 0 Å². The predicted octanol–water partition coefficient (Wildman–Crippen LogP) is 1.27. The molecule has 0 aromatic heterocycles. The molecule has 1 aliphatic carbocycles. The zero-order chi connectivity index (χ0) is 15.0. The third kappa shape index (κ3) is 7.00. The van der Waals surface area contributed by atoms with Crippen molar-refractivity contribution in [1.29, 1.82) is 0 Å². The first-order valence-electron chi connectivity index (χ1n) is 7.64. The van der Waals surface area contributed by atoms with E-state index in [0.29, 0.717) is 18.9 Å². The summed E-state index contributed by atoms with van der Waals surface area (Å²) >= 11 is 0. The zero-order valence-corrected chi connectivity index (χ0v) is 13.6. The minimum atomic E-state index is -0.666. The monoisotopic (exact) mass is 320 g/mol. The Bertz CT molecular complexity index is 322. The minimum Gasteiger partial charge on any atom is -0.352 e. The molecule has 0 bridgehead atoms. The van der Waals surface area contributed by atoms with E-state index in [1.807, 2.05) is 6.92 Å². The van der Waals surface area contributed by atoms with E-state index in [-0.39, 0.29) is 24.4 Å². The van der Waals surface area contributed by atoms with E-state index in [0.717, 1.165) is 19.3 Å². The molecule has 2 atom stereocenters. The van der Waals surface area contributed by atoms with Gasteiger partial charge in [-0.2, -0.15) is 0 Å². The highest BCUT2D eigenvalue weighted by atomic mass is 35.5. The molecule has 3 amide bonds. The Hall–Kier alpha value is -1.01. The summed E-state index contributed by atoms with van der Waals surface area (Å²) in [6.45, 7) is 2.40. The molecule has 1 saturated carbocycles. The lowest BCUT2D eigenvalue weighted by atomic mass is 9.83. The van der Waals surface area contributed by atoms with Crippen molar-refractivity contribution in [3.63, 3.8) is 0 Å². The number of hydrogen-bond donors (Lipinski definition) is 4. The summed E-state index contributed by atoms with van der Waals surface area (Å²) in [5, 5.41) is 5.49. The van der Waals surface area contributed by atoms with Crippen LogP contribution in [0, 0.1) is 5.92 Å². The molecule has 6 N–H and O–H groups in total. The predicted molar refractivity (Wildman–Crippen MR) is 86.2 cm³/mol. The van der Waals surface area contributed by atoms with Gasteiger partial charge < -0.3 is 22.1 Å². The SMILES string of the molecule is CCC[C@@H](NC(N)=O)C(=O)NC(CN)C1CCCCC1.Cl. The maximum atomic E-state index is 12.2. The molecule has 1 aliphatic rings. The molecule has 7 heteroatoms. The number of hydrogen-bond acceptors (Lipinski definition) is 3. The number of nitrogens with two attached hydrogens (primary N) is 2. The summed E-state index contributed by atoms with van der Waals surface area (Å²) in [6, 6.07) is -1.23. The molecule has 0 aromatic carbocycles. The van der Waals surface area contributed by atoms with E-state index in [1.54, 1.807) is 0 Å². The molecule has 0 aromatic rings. The molecule has 0 saturated heterocycles. The molecule has 21 heavy (non-hydrogen) atoms. The summed E-state index contributed by atoms with van der Waals surface area (Å²) in [5.41, 5.74) is 10.9. The fraction of sp³-hybridized carbons (Fsp3) is 0.857. The van der Waals surface area contributed by atoms with Crippen molar-refractivity contribution < 1.29 is 9.59 Å². The smallest absolute Gasteiger partial charge is 0.312 e. The van der Waals surface area contributed by atoms with Gasteiger partial charge in [0.15, 0.2) is 0 Å². The van der Waals surface area contributed by atoms with E-state index < -0.39 is 12.1 Å². The third-order valence-electron chi connectivity index (χ3n) is 4.01. The van der Waals surface area contributed by atoms with Crippen LogP contribution in [0.3, 0.4) is 0 Å². The second kappa shape index (κ2) is 10.7. The molecule has 0 radical (unpaired) electrons. The Kier molecular flexibility index (Phi) is 10.2. The Morgan fingerprint density at radius 1 is 1.19 bits per heavy atom. The van der Waals surface area contributed by atoms with Crippen LogP contribution in [-0.4, -0.2) is 30.6 Å². The second-order valence-corrected chi connectivity index (χ2v) is 5.60. The fourth-order valence-corrected chi connectivity index (χ4v) is 2.92. The van der Waals surface area contributed by atoms with E-state index >= 15 is 0 Å². The summed E-state index contributed by atoms with van der Waals surface area (Å²) in [7, 11) is 0. The van der Waals surface area contributed by atoms with Crippen molar-refractivity contribution in [1.82, 2.24) is 10.6 Å². The van der Waals surface area contributed by atoms with Crippen LogP contribution in [0.5, 0.6) is 0 Å².